The van der Waals surface area contributed by atoms with Crippen LogP contribution in [0.5, 0.6) is 0 Å². The molecule has 0 aromatic rings. The fourth-order valence-electron chi connectivity index (χ4n) is 13.9. The summed E-state index contributed by atoms with van der Waals surface area (Å²) in [7, 11) is -3.16. The standard InChI is InChI=1S/C37H59NO7S/c1-22-17-24(20-46(6,41)42)44-31-30(22)34(4)13-14-37-21-36(37)12-11-27(33(2,3)25(36)9-10-26(37)35(34,5)32(31)40)45-29-19-38(15-16-43-29)28(39)18-23-7-8-23/h22-27,29-32,40H,7-21H2,1-6H3/t22-,24?,25+,26?,27?,29+,30+,31?,32+,34-,35-,36-,37+/m1/s1. The summed E-state index contributed by atoms with van der Waals surface area (Å²) in [4.78, 5) is 14.8. The molecule has 4 unspecified atom stereocenters. The van der Waals surface area contributed by atoms with Crippen LogP contribution in [0, 0.1) is 56.7 Å². The number of hydrogen-bond acceptors (Lipinski definition) is 7. The van der Waals surface area contributed by atoms with Crippen molar-refractivity contribution in [2.24, 2.45) is 56.7 Å². The number of amides is 1. The number of carbonyl (C=O) groups excluding carboxylic acids is 1. The van der Waals surface area contributed by atoms with Crippen LogP contribution in [0.4, 0.5) is 0 Å². The van der Waals surface area contributed by atoms with Gasteiger partial charge in [-0.2, -0.15) is 0 Å². The molecule has 46 heavy (non-hydrogen) atoms. The summed E-state index contributed by atoms with van der Waals surface area (Å²) in [5.41, 5.74) is 0.256. The van der Waals surface area contributed by atoms with E-state index in [2.05, 4.69) is 34.6 Å². The van der Waals surface area contributed by atoms with Crippen molar-refractivity contribution < 1.29 is 32.5 Å². The zero-order valence-corrected chi connectivity index (χ0v) is 29.9. The summed E-state index contributed by atoms with van der Waals surface area (Å²) in [5.74, 6) is 2.47. The molecule has 8 nitrogen and oxygen atoms in total. The van der Waals surface area contributed by atoms with E-state index in [-0.39, 0.29) is 63.8 Å². The molecule has 1 N–H and O–H groups in total. The second-order valence-corrected chi connectivity index (χ2v) is 20.8. The molecule has 0 radical (unpaired) electrons. The van der Waals surface area contributed by atoms with Crippen LogP contribution in [0.3, 0.4) is 0 Å². The van der Waals surface area contributed by atoms with Crippen molar-refractivity contribution in [3.8, 4) is 0 Å². The van der Waals surface area contributed by atoms with Gasteiger partial charge in [0.15, 0.2) is 6.29 Å². The predicted octanol–water partition coefficient (Wildman–Crippen LogP) is 5.21. The maximum Gasteiger partial charge on any atom is 0.223 e. The van der Waals surface area contributed by atoms with Crippen LogP contribution < -0.4 is 0 Å². The number of hydrogen-bond donors (Lipinski definition) is 1. The molecule has 6 saturated carbocycles. The number of carbonyl (C=O) groups is 1. The Labute approximate surface area is 277 Å². The van der Waals surface area contributed by atoms with Gasteiger partial charge in [-0.25, -0.2) is 8.42 Å². The van der Waals surface area contributed by atoms with Crippen LogP contribution in [0.25, 0.3) is 0 Å². The lowest BCUT2D eigenvalue weighted by Crippen LogP contribution is -2.60. The van der Waals surface area contributed by atoms with E-state index in [9.17, 15) is 18.3 Å². The fourth-order valence-corrected chi connectivity index (χ4v) is 14.8. The Morgan fingerprint density at radius 1 is 1.00 bits per heavy atom. The van der Waals surface area contributed by atoms with Crippen molar-refractivity contribution in [1.82, 2.24) is 4.90 Å². The third-order valence-electron chi connectivity index (χ3n) is 16.2. The molecule has 2 spiro atoms. The number of rotatable bonds is 6. The first-order chi connectivity index (χ1) is 21.6. The minimum Gasteiger partial charge on any atom is -0.390 e. The van der Waals surface area contributed by atoms with Gasteiger partial charge >= 0.3 is 0 Å². The van der Waals surface area contributed by atoms with Gasteiger partial charge in [0.25, 0.3) is 0 Å². The second-order valence-electron chi connectivity index (χ2n) is 18.6. The van der Waals surface area contributed by atoms with E-state index in [1.54, 1.807) is 0 Å². The minimum atomic E-state index is -3.16. The van der Waals surface area contributed by atoms with Gasteiger partial charge in [0.05, 0.1) is 43.3 Å². The molecular formula is C37H59NO7S. The summed E-state index contributed by atoms with van der Waals surface area (Å²) < 4.78 is 44.0. The Morgan fingerprint density at radius 2 is 1.72 bits per heavy atom. The fraction of sp³-hybridized carbons (Fsp3) is 0.973. The van der Waals surface area contributed by atoms with Gasteiger partial charge in [0.2, 0.25) is 5.91 Å². The molecule has 9 heteroatoms. The zero-order valence-electron chi connectivity index (χ0n) is 29.1. The van der Waals surface area contributed by atoms with E-state index in [4.69, 9.17) is 14.2 Å². The number of ether oxygens (including phenoxy) is 3. The van der Waals surface area contributed by atoms with Crippen molar-refractivity contribution in [2.75, 3.05) is 31.7 Å². The molecule has 2 aliphatic heterocycles. The molecule has 13 atom stereocenters. The summed E-state index contributed by atoms with van der Waals surface area (Å²) in [6.45, 7) is 13.7. The highest BCUT2D eigenvalue weighted by Gasteiger charge is 2.84. The van der Waals surface area contributed by atoms with E-state index < -0.39 is 15.9 Å². The summed E-state index contributed by atoms with van der Waals surface area (Å²) in [5, 5.41) is 12.3. The average Bonchev–Trinajstić information content (AvgIpc) is 3.89. The van der Waals surface area contributed by atoms with Crippen molar-refractivity contribution in [3.63, 3.8) is 0 Å². The van der Waals surface area contributed by atoms with E-state index in [0.717, 1.165) is 32.1 Å². The molecule has 8 fully saturated rings. The molecule has 8 rings (SSSR count). The van der Waals surface area contributed by atoms with Crippen LogP contribution in [0.2, 0.25) is 0 Å². The largest absolute Gasteiger partial charge is 0.390 e. The number of sulfone groups is 1. The summed E-state index contributed by atoms with van der Waals surface area (Å²) in [6, 6.07) is 0. The molecule has 260 valence electrons. The van der Waals surface area contributed by atoms with Gasteiger partial charge in [0.1, 0.15) is 9.84 Å². The predicted molar refractivity (Wildman–Crippen MR) is 174 cm³/mol. The molecule has 0 aromatic heterocycles. The van der Waals surface area contributed by atoms with Crippen molar-refractivity contribution in [3.05, 3.63) is 0 Å². The number of nitrogens with zero attached hydrogens (tertiary/aromatic N) is 1. The molecular weight excluding hydrogens is 602 g/mol. The number of aliphatic hydroxyl groups excluding tert-OH is 1. The minimum absolute atomic E-state index is 0.00317. The highest BCUT2D eigenvalue weighted by atomic mass is 32.2. The van der Waals surface area contributed by atoms with Crippen molar-refractivity contribution in [1.29, 1.82) is 0 Å². The SMILES string of the molecule is C[C@@H]1CC(CS(C)(=O)=O)OC2[C@H]1[C@@]1(C)CC[C@@]34C[C@@]35CCC(O[C@H]3CN(C(=O)CC6CC6)CCO3)C(C)(C)[C@@H]5CCC4[C@]1(C)[C@H]2O. The van der Waals surface area contributed by atoms with Gasteiger partial charge in [0, 0.05) is 24.6 Å². The maximum atomic E-state index is 12.9. The van der Waals surface area contributed by atoms with E-state index in [1.165, 1.54) is 38.4 Å². The van der Waals surface area contributed by atoms with Gasteiger partial charge in [-0.3, -0.25) is 4.79 Å². The van der Waals surface area contributed by atoms with E-state index in [0.29, 0.717) is 55.2 Å². The first-order valence-corrected chi connectivity index (χ1v) is 20.7. The third kappa shape index (κ3) is 4.48. The maximum absolute atomic E-state index is 12.9. The van der Waals surface area contributed by atoms with Gasteiger partial charge in [-0.15, -0.1) is 0 Å². The monoisotopic (exact) mass is 661 g/mol. The van der Waals surface area contributed by atoms with E-state index in [1.807, 2.05) is 4.90 Å². The first-order valence-electron chi connectivity index (χ1n) is 18.6. The lowest BCUT2D eigenvalue weighted by molar-refractivity contribution is -0.248. The summed E-state index contributed by atoms with van der Waals surface area (Å²) >= 11 is 0. The second kappa shape index (κ2) is 10.4. The highest BCUT2D eigenvalue weighted by Crippen LogP contribution is 2.89. The molecule has 2 heterocycles. The molecule has 2 saturated heterocycles. The molecule has 1 amide bonds. The van der Waals surface area contributed by atoms with Gasteiger partial charge in [-0.1, -0.05) is 34.6 Å². The Balaban J connectivity index is 1.01. The lowest BCUT2D eigenvalue weighted by atomic mass is 9.41. The van der Waals surface area contributed by atoms with Crippen LogP contribution in [-0.2, 0) is 28.8 Å². The summed E-state index contributed by atoms with van der Waals surface area (Å²) in [6.07, 6.45) is 11.7. The van der Waals surface area contributed by atoms with Gasteiger partial charge in [-0.05, 0) is 115 Å². The zero-order chi connectivity index (χ0) is 32.7. The Morgan fingerprint density at radius 3 is 2.43 bits per heavy atom. The van der Waals surface area contributed by atoms with Gasteiger partial charge < -0.3 is 24.2 Å². The Bertz CT molecular complexity index is 1360. The number of aliphatic hydroxyl groups is 1. The lowest BCUT2D eigenvalue weighted by Gasteiger charge is -2.64. The number of fused-ring (bicyclic) bond motifs is 4. The smallest absolute Gasteiger partial charge is 0.223 e. The van der Waals surface area contributed by atoms with Crippen LogP contribution >= 0.6 is 0 Å². The Hall–Kier alpha value is -0.740. The number of morpholine rings is 1. The molecule has 8 aliphatic rings. The van der Waals surface area contributed by atoms with Crippen LogP contribution in [0.1, 0.15) is 105 Å². The van der Waals surface area contributed by atoms with Crippen molar-refractivity contribution >= 4 is 15.7 Å². The average molecular weight is 662 g/mol. The molecule has 0 bridgehead atoms. The quantitative estimate of drug-likeness (QED) is 0.417. The first kappa shape index (κ1) is 32.5. The topological polar surface area (TPSA) is 102 Å². The van der Waals surface area contributed by atoms with Crippen LogP contribution in [0.15, 0.2) is 0 Å². The van der Waals surface area contributed by atoms with Crippen molar-refractivity contribution in [2.45, 2.75) is 136 Å². The normalized spacial score (nSPS) is 52.5. The molecule has 6 aliphatic carbocycles. The molecule has 0 aromatic carbocycles. The van der Waals surface area contributed by atoms with E-state index >= 15 is 0 Å². The van der Waals surface area contributed by atoms with Crippen LogP contribution in [-0.4, -0.2) is 86.7 Å². The Kier molecular flexibility index (Phi) is 7.34. The third-order valence-corrected chi connectivity index (χ3v) is 17.1. The highest BCUT2D eigenvalue weighted by molar-refractivity contribution is 7.90.